The molecule has 16 heavy (non-hydrogen) atoms. The average Bonchev–Trinajstić information content (AvgIpc) is 2.73. The predicted molar refractivity (Wildman–Crippen MR) is 63.0 cm³/mol. The minimum Gasteiger partial charge on any atom is -0.324 e. The zero-order valence-electron chi connectivity index (χ0n) is 8.55. The van der Waals surface area contributed by atoms with Crippen LogP contribution in [0, 0.1) is 5.82 Å². The van der Waals surface area contributed by atoms with Crippen molar-refractivity contribution in [1.82, 2.24) is 9.36 Å². The molecule has 0 bridgehead atoms. The van der Waals surface area contributed by atoms with Crippen molar-refractivity contribution in [2.75, 3.05) is 0 Å². The number of rotatable bonds is 3. The van der Waals surface area contributed by atoms with Gasteiger partial charge >= 0.3 is 0 Å². The highest BCUT2D eigenvalue weighted by Gasteiger charge is 2.09. The summed E-state index contributed by atoms with van der Waals surface area (Å²) in [6.07, 6.45) is 1.46. The third-order valence-corrected chi connectivity index (χ3v) is 3.79. The lowest BCUT2D eigenvalue weighted by Crippen LogP contribution is -2.05. The van der Waals surface area contributed by atoms with E-state index in [0.29, 0.717) is 4.90 Å². The summed E-state index contributed by atoms with van der Waals surface area (Å²) in [5, 5.41) is 0. The van der Waals surface area contributed by atoms with Crippen molar-refractivity contribution in [2.24, 2.45) is 5.73 Å². The first-order valence-electron chi connectivity index (χ1n) is 4.66. The van der Waals surface area contributed by atoms with Crippen molar-refractivity contribution in [1.29, 1.82) is 0 Å². The molecule has 1 heterocycles. The van der Waals surface area contributed by atoms with Crippen LogP contribution in [0.2, 0.25) is 0 Å². The Labute approximate surface area is 101 Å². The van der Waals surface area contributed by atoms with E-state index in [1.165, 1.54) is 35.7 Å². The van der Waals surface area contributed by atoms with Gasteiger partial charge in [-0.05, 0) is 36.2 Å². The molecule has 0 aliphatic heterocycles. The predicted octanol–water partition coefficient (Wildman–Crippen LogP) is 2.85. The number of hydrogen-bond donors (Lipinski definition) is 1. The minimum absolute atomic E-state index is 0.157. The largest absolute Gasteiger partial charge is 0.324 e. The van der Waals surface area contributed by atoms with Crippen molar-refractivity contribution < 1.29 is 4.39 Å². The summed E-state index contributed by atoms with van der Waals surface area (Å²) in [6.45, 7) is 1.83. The van der Waals surface area contributed by atoms with Gasteiger partial charge in [-0.3, -0.25) is 0 Å². The molecular formula is C10H10FN3S2. The summed E-state index contributed by atoms with van der Waals surface area (Å²) < 4.78 is 18.3. The van der Waals surface area contributed by atoms with Crippen molar-refractivity contribution in [3.8, 4) is 0 Å². The average molecular weight is 255 g/mol. The van der Waals surface area contributed by atoms with E-state index in [1.807, 2.05) is 13.0 Å². The summed E-state index contributed by atoms with van der Waals surface area (Å²) in [6, 6.07) is 4.86. The fourth-order valence-corrected chi connectivity index (χ4v) is 2.59. The Bertz CT molecular complexity index is 471. The highest BCUT2D eigenvalue weighted by Crippen LogP contribution is 2.31. The number of nitrogens with two attached hydrogens (primary N) is 1. The van der Waals surface area contributed by atoms with Gasteiger partial charge in [0, 0.05) is 6.04 Å². The van der Waals surface area contributed by atoms with Gasteiger partial charge in [0.1, 0.15) is 12.1 Å². The molecule has 0 fully saturated rings. The fourth-order valence-electron chi connectivity index (χ4n) is 1.19. The molecule has 0 saturated carbocycles. The van der Waals surface area contributed by atoms with Gasteiger partial charge < -0.3 is 5.73 Å². The second-order valence-corrected chi connectivity index (χ2v) is 5.36. The fraction of sp³-hybridized carbons (Fsp3) is 0.200. The number of benzene rings is 1. The molecule has 84 valence electrons. The number of halogens is 1. The Hall–Kier alpha value is -0.980. The molecule has 0 spiro atoms. The second-order valence-electron chi connectivity index (χ2n) is 3.29. The normalized spacial score (nSPS) is 12.7. The number of aromatic nitrogens is 2. The van der Waals surface area contributed by atoms with E-state index in [9.17, 15) is 4.39 Å². The van der Waals surface area contributed by atoms with Crippen LogP contribution < -0.4 is 5.73 Å². The monoisotopic (exact) mass is 255 g/mol. The Morgan fingerprint density at radius 3 is 2.88 bits per heavy atom. The maximum absolute atomic E-state index is 13.7. The van der Waals surface area contributed by atoms with Gasteiger partial charge in [-0.2, -0.15) is 4.37 Å². The molecule has 1 unspecified atom stereocenters. The minimum atomic E-state index is -0.269. The first kappa shape index (κ1) is 11.5. The molecule has 0 radical (unpaired) electrons. The molecule has 2 aromatic rings. The van der Waals surface area contributed by atoms with Crippen LogP contribution in [0.3, 0.4) is 0 Å². The van der Waals surface area contributed by atoms with Crippen molar-refractivity contribution >= 4 is 23.3 Å². The zero-order chi connectivity index (χ0) is 11.5. The van der Waals surface area contributed by atoms with E-state index < -0.39 is 0 Å². The van der Waals surface area contributed by atoms with Crippen molar-refractivity contribution in [3.63, 3.8) is 0 Å². The summed E-state index contributed by atoms with van der Waals surface area (Å²) >= 11 is 2.52. The lowest BCUT2D eigenvalue weighted by Gasteiger charge is -2.07. The Kier molecular flexibility index (Phi) is 3.52. The van der Waals surface area contributed by atoms with Crippen LogP contribution >= 0.6 is 23.3 Å². The smallest absolute Gasteiger partial charge is 0.174 e. The molecule has 2 rings (SSSR count). The van der Waals surface area contributed by atoms with Crippen LogP contribution in [0.15, 0.2) is 33.8 Å². The van der Waals surface area contributed by atoms with Crippen LogP contribution in [0.5, 0.6) is 0 Å². The lowest BCUT2D eigenvalue weighted by molar-refractivity contribution is 0.596. The van der Waals surface area contributed by atoms with Gasteiger partial charge in [0.25, 0.3) is 0 Å². The van der Waals surface area contributed by atoms with Gasteiger partial charge in [0.2, 0.25) is 0 Å². The van der Waals surface area contributed by atoms with Crippen LogP contribution in [0.25, 0.3) is 0 Å². The highest BCUT2D eigenvalue weighted by molar-refractivity contribution is 8.01. The standard InChI is InChI=1S/C10H10FN3S2/c1-6(12)7-2-3-9(8(11)4-7)15-10-13-5-14-16-10/h2-6H,12H2,1H3. The molecule has 0 aliphatic carbocycles. The quantitative estimate of drug-likeness (QED) is 0.916. The molecule has 1 aromatic heterocycles. The third-order valence-electron chi connectivity index (χ3n) is 2.02. The van der Waals surface area contributed by atoms with Crippen LogP contribution in [0.1, 0.15) is 18.5 Å². The molecular weight excluding hydrogens is 245 g/mol. The Morgan fingerprint density at radius 2 is 2.31 bits per heavy atom. The summed E-state index contributed by atoms with van der Waals surface area (Å²) in [7, 11) is 0. The van der Waals surface area contributed by atoms with E-state index in [1.54, 1.807) is 6.07 Å². The van der Waals surface area contributed by atoms with Gasteiger partial charge in [0.15, 0.2) is 4.34 Å². The molecule has 6 heteroatoms. The summed E-state index contributed by atoms with van der Waals surface area (Å²) in [5.41, 5.74) is 6.47. The number of hydrogen-bond acceptors (Lipinski definition) is 5. The van der Waals surface area contributed by atoms with Crippen molar-refractivity contribution in [2.45, 2.75) is 22.2 Å². The zero-order valence-corrected chi connectivity index (χ0v) is 10.2. The van der Waals surface area contributed by atoms with Gasteiger partial charge in [0.05, 0.1) is 4.90 Å². The van der Waals surface area contributed by atoms with Crippen LogP contribution in [0.4, 0.5) is 4.39 Å². The molecule has 0 saturated heterocycles. The molecule has 0 aliphatic rings. The SMILES string of the molecule is CC(N)c1ccc(Sc2ncns2)c(F)c1. The molecule has 2 N–H and O–H groups in total. The first-order chi connectivity index (χ1) is 7.66. The summed E-state index contributed by atoms with van der Waals surface area (Å²) in [4.78, 5) is 4.53. The van der Waals surface area contributed by atoms with Crippen molar-refractivity contribution in [3.05, 3.63) is 35.9 Å². The van der Waals surface area contributed by atoms with Gasteiger partial charge in [-0.1, -0.05) is 17.8 Å². The lowest BCUT2D eigenvalue weighted by atomic mass is 10.1. The van der Waals surface area contributed by atoms with Crippen LogP contribution in [-0.4, -0.2) is 9.36 Å². The van der Waals surface area contributed by atoms with E-state index in [-0.39, 0.29) is 11.9 Å². The highest BCUT2D eigenvalue weighted by atomic mass is 32.2. The topological polar surface area (TPSA) is 51.8 Å². The van der Waals surface area contributed by atoms with Gasteiger partial charge in [-0.15, -0.1) is 0 Å². The maximum Gasteiger partial charge on any atom is 0.174 e. The third kappa shape index (κ3) is 2.58. The Morgan fingerprint density at radius 1 is 1.50 bits per heavy atom. The number of nitrogens with zero attached hydrogens (tertiary/aromatic N) is 2. The van der Waals surface area contributed by atoms with E-state index in [2.05, 4.69) is 9.36 Å². The summed E-state index contributed by atoms with van der Waals surface area (Å²) in [5.74, 6) is -0.269. The van der Waals surface area contributed by atoms with E-state index >= 15 is 0 Å². The van der Waals surface area contributed by atoms with E-state index in [4.69, 9.17) is 5.73 Å². The molecule has 0 amide bonds. The second kappa shape index (κ2) is 4.90. The molecule has 1 aromatic carbocycles. The van der Waals surface area contributed by atoms with Gasteiger partial charge in [-0.25, -0.2) is 9.37 Å². The molecule has 3 nitrogen and oxygen atoms in total. The maximum atomic E-state index is 13.7. The Balaban J connectivity index is 2.23. The first-order valence-corrected chi connectivity index (χ1v) is 6.25. The van der Waals surface area contributed by atoms with Crippen LogP contribution in [-0.2, 0) is 0 Å². The van der Waals surface area contributed by atoms with E-state index in [0.717, 1.165) is 9.90 Å². The molecule has 1 atom stereocenters.